The smallest absolute Gasteiger partial charge is 0.303 e. The fourth-order valence-electron chi connectivity index (χ4n) is 10.8. The Kier molecular flexibility index (Phi) is 10.2. The quantitative estimate of drug-likeness (QED) is 0.250. The highest BCUT2D eigenvalue weighted by Crippen LogP contribution is 2.68. The van der Waals surface area contributed by atoms with Crippen LogP contribution in [0.25, 0.3) is 0 Å². The average Bonchev–Trinajstić information content (AvgIpc) is 3.28. The maximum absolute atomic E-state index is 11.5. The predicted octanol–water partition coefficient (Wildman–Crippen LogP) is 4.82. The molecule has 5 aliphatic carbocycles. The van der Waals surface area contributed by atoms with Crippen LogP contribution >= 0.6 is 0 Å². The van der Waals surface area contributed by atoms with E-state index in [0.717, 1.165) is 70.6 Å². The van der Waals surface area contributed by atoms with E-state index < -0.39 is 18.0 Å². The van der Waals surface area contributed by atoms with Crippen molar-refractivity contribution in [2.24, 2.45) is 57.5 Å². The van der Waals surface area contributed by atoms with Gasteiger partial charge < -0.3 is 31.3 Å². The van der Waals surface area contributed by atoms with Gasteiger partial charge in [0, 0.05) is 6.42 Å². The summed E-state index contributed by atoms with van der Waals surface area (Å²) >= 11 is 0. The van der Waals surface area contributed by atoms with Gasteiger partial charge in [0.1, 0.15) is 0 Å². The van der Waals surface area contributed by atoms with Crippen LogP contribution in [-0.2, 0) is 9.59 Å². The molecule has 0 amide bonds. The highest BCUT2D eigenvalue weighted by Gasteiger charge is 2.65. The van der Waals surface area contributed by atoms with Crippen molar-refractivity contribution < 1.29 is 35.1 Å². The molecule has 0 radical (unpaired) electrons. The number of fused-ring (bicyclic) bond motifs is 5. The van der Waals surface area contributed by atoms with E-state index in [1.54, 1.807) is 0 Å². The van der Waals surface area contributed by atoms with Crippen LogP contribution in [0.15, 0.2) is 0 Å². The van der Waals surface area contributed by atoms with Gasteiger partial charge in [-0.05, 0) is 123 Å². The molecule has 0 aromatic heterocycles. The number of aliphatic carboxylic acids is 2. The highest BCUT2D eigenvalue weighted by molar-refractivity contribution is 5.67. The molecule has 0 heterocycles. The van der Waals surface area contributed by atoms with Crippen molar-refractivity contribution in [3.8, 4) is 0 Å². The molecule has 5 aliphatic rings. The fraction of sp³-hybridized carbons (Fsp3) is 0.939. The molecule has 5 fully saturated rings. The SMILES string of the molecule is C[C@H](CCC(=O)O)[C@H]1CC[C@H]2[C@@H]3[C@H](O)C[C@@H]4C[C@H](O)CC[C@]4(C)[C@H]3C[C@H](O)[C@]12C.NCC1(CC(=O)O)CCCCC1. The van der Waals surface area contributed by atoms with Crippen LogP contribution in [0.5, 0.6) is 0 Å². The summed E-state index contributed by atoms with van der Waals surface area (Å²) in [5, 5.41) is 50.7. The van der Waals surface area contributed by atoms with Crippen LogP contribution in [-0.4, -0.2) is 62.3 Å². The van der Waals surface area contributed by atoms with Crippen molar-refractivity contribution in [2.45, 2.75) is 135 Å². The summed E-state index contributed by atoms with van der Waals surface area (Å²) < 4.78 is 0. The van der Waals surface area contributed by atoms with E-state index in [9.17, 15) is 24.9 Å². The Hall–Kier alpha value is -1.22. The molecule has 0 bridgehead atoms. The largest absolute Gasteiger partial charge is 0.481 e. The summed E-state index contributed by atoms with van der Waals surface area (Å²) in [7, 11) is 0. The van der Waals surface area contributed by atoms with Crippen molar-refractivity contribution in [3.63, 3.8) is 0 Å². The zero-order chi connectivity index (χ0) is 30.2. The molecule has 8 nitrogen and oxygen atoms in total. The van der Waals surface area contributed by atoms with E-state index in [0.29, 0.717) is 36.6 Å². The van der Waals surface area contributed by atoms with Crippen LogP contribution < -0.4 is 5.73 Å². The maximum atomic E-state index is 11.5. The third-order valence-electron chi connectivity index (χ3n) is 13.2. The second kappa shape index (κ2) is 12.8. The lowest BCUT2D eigenvalue weighted by Gasteiger charge is -2.63. The second-order valence-electron chi connectivity index (χ2n) is 15.3. The first-order chi connectivity index (χ1) is 19.3. The summed E-state index contributed by atoms with van der Waals surface area (Å²) in [6.07, 6.45) is 11.8. The normalized spacial score (nSPS) is 43.9. The topological polar surface area (TPSA) is 161 Å². The minimum Gasteiger partial charge on any atom is -0.481 e. The lowest BCUT2D eigenvalue weighted by Crippen LogP contribution is -2.62. The van der Waals surface area contributed by atoms with Gasteiger partial charge >= 0.3 is 11.9 Å². The summed E-state index contributed by atoms with van der Waals surface area (Å²) in [4.78, 5) is 21.6. The number of aliphatic hydroxyl groups is 3. The highest BCUT2D eigenvalue weighted by atomic mass is 16.4. The molecule has 11 atom stereocenters. The lowest BCUT2D eigenvalue weighted by molar-refractivity contribution is -0.207. The van der Waals surface area contributed by atoms with Crippen LogP contribution in [0.3, 0.4) is 0 Å². The number of hydrogen-bond donors (Lipinski definition) is 6. The average molecular weight is 580 g/mol. The molecule has 236 valence electrons. The van der Waals surface area contributed by atoms with Gasteiger partial charge in [0.2, 0.25) is 0 Å². The van der Waals surface area contributed by atoms with Gasteiger partial charge in [-0.1, -0.05) is 40.0 Å². The molecule has 0 aliphatic heterocycles. The predicted molar refractivity (Wildman–Crippen MR) is 157 cm³/mol. The standard InChI is InChI=1S/C24H40O5.C9H17NO2/c1-13(4-7-21(28)29)16-5-6-17-22-18(12-20(27)24(16,17)3)23(2)9-8-15(25)10-14(23)11-19(22)26;10-7-9(6-8(11)12)4-2-1-3-5-9/h13-20,22,25-27H,4-12H2,1-3H3,(H,28,29);1-7,10H2,(H,11,12)/t13-,14+,15-,16-,17+,18+,19-,20+,22+,23+,24-;/m1./s1. The Morgan fingerprint density at radius 2 is 1.56 bits per heavy atom. The zero-order valence-corrected chi connectivity index (χ0v) is 25.6. The van der Waals surface area contributed by atoms with Crippen molar-refractivity contribution in [1.82, 2.24) is 0 Å². The van der Waals surface area contributed by atoms with E-state index in [1.807, 2.05) is 0 Å². The molecule has 41 heavy (non-hydrogen) atoms. The third kappa shape index (κ3) is 6.37. The Bertz CT molecular complexity index is 921. The molecule has 0 aromatic carbocycles. The number of carboxylic acids is 2. The number of aliphatic hydroxyl groups excluding tert-OH is 3. The van der Waals surface area contributed by atoms with E-state index >= 15 is 0 Å². The van der Waals surface area contributed by atoms with Gasteiger partial charge in [0.05, 0.1) is 24.7 Å². The first kappa shape index (κ1) is 32.7. The van der Waals surface area contributed by atoms with Crippen molar-refractivity contribution >= 4 is 11.9 Å². The summed E-state index contributed by atoms with van der Waals surface area (Å²) in [5.41, 5.74) is 5.40. The number of rotatable bonds is 7. The first-order valence-corrected chi connectivity index (χ1v) is 16.4. The molecule has 0 saturated heterocycles. The summed E-state index contributed by atoms with van der Waals surface area (Å²) in [5.74, 6) is 0.291. The fourth-order valence-corrected chi connectivity index (χ4v) is 10.8. The Morgan fingerprint density at radius 1 is 0.878 bits per heavy atom. The summed E-state index contributed by atoms with van der Waals surface area (Å²) in [6.45, 7) is 7.25. The molecule has 0 unspecified atom stereocenters. The van der Waals surface area contributed by atoms with Crippen LogP contribution in [0.4, 0.5) is 0 Å². The van der Waals surface area contributed by atoms with Gasteiger partial charge in [-0.2, -0.15) is 0 Å². The number of carboxylic acid groups (broad SMARTS) is 2. The maximum Gasteiger partial charge on any atom is 0.303 e. The van der Waals surface area contributed by atoms with Gasteiger partial charge in [-0.3, -0.25) is 9.59 Å². The number of hydrogen-bond acceptors (Lipinski definition) is 6. The van der Waals surface area contributed by atoms with Crippen LogP contribution in [0.2, 0.25) is 0 Å². The molecule has 7 N–H and O–H groups in total. The van der Waals surface area contributed by atoms with Gasteiger partial charge in [0.25, 0.3) is 0 Å². The van der Waals surface area contributed by atoms with Gasteiger partial charge in [-0.15, -0.1) is 0 Å². The minimum absolute atomic E-state index is 0.0793. The third-order valence-corrected chi connectivity index (χ3v) is 13.2. The Labute approximate surface area is 246 Å². The first-order valence-electron chi connectivity index (χ1n) is 16.4. The van der Waals surface area contributed by atoms with E-state index in [2.05, 4.69) is 20.8 Å². The Balaban J connectivity index is 0.000000271. The van der Waals surface area contributed by atoms with Gasteiger partial charge in [-0.25, -0.2) is 0 Å². The number of carbonyl (C=O) groups is 2. The van der Waals surface area contributed by atoms with Crippen molar-refractivity contribution in [2.75, 3.05) is 6.54 Å². The molecular weight excluding hydrogens is 522 g/mol. The monoisotopic (exact) mass is 579 g/mol. The molecule has 0 spiro atoms. The van der Waals surface area contributed by atoms with Crippen LogP contribution in [0.1, 0.15) is 117 Å². The van der Waals surface area contributed by atoms with Crippen molar-refractivity contribution in [1.29, 1.82) is 0 Å². The van der Waals surface area contributed by atoms with E-state index in [-0.39, 0.29) is 53.1 Å². The number of nitrogens with two attached hydrogens (primary N) is 1. The Morgan fingerprint density at radius 3 is 2.17 bits per heavy atom. The van der Waals surface area contributed by atoms with Crippen LogP contribution in [0, 0.1) is 51.8 Å². The molecule has 0 aromatic rings. The summed E-state index contributed by atoms with van der Waals surface area (Å²) in [6, 6.07) is 0. The minimum atomic E-state index is -0.748. The molecule has 5 saturated carbocycles. The van der Waals surface area contributed by atoms with Gasteiger partial charge in [0.15, 0.2) is 0 Å². The zero-order valence-electron chi connectivity index (χ0n) is 25.6. The lowest BCUT2D eigenvalue weighted by atomic mass is 9.43. The molecule has 5 rings (SSSR count). The molecular formula is C33H57NO7. The van der Waals surface area contributed by atoms with E-state index in [1.165, 1.54) is 6.42 Å². The van der Waals surface area contributed by atoms with E-state index in [4.69, 9.17) is 15.9 Å². The molecule has 8 heteroatoms. The second-order valence-corrected chi connectivity index (χ2v) is 15.3. The van der Waals surface area contributed by atoms with Crippen molar-refractivity contribution in [3.05, 3.63) is 0 Å².